The lowest BCUT2D eigenvalue weighted by molar-refractivity contribution is 0.0587. The SMILES string of the molecule is CN(C(=O)OC(C)(C)C)c1ncc(-c2cccc(N=C(N)c3cccs3)c2)[nH]1. The summed E-state index contributed by atoms with van der Waals surface area (Å²) in [5.74, 6) is 0.873. The molecule has 3 aromatic rings. The van der Waals surface area contributed by atoms with Crippen LogP contribution in [0.5, 0.6) is 0 Å². The van der Waals surface area contributed by atoms with Crippen LogP contribution in [-0.2, 0) is 4.74 Å². The predicted molar refractivity (Wildman–Crippen MR) is 113 cm³/mol. The second-order valence-electron chi connectivity index (χ2n) is 7.18. The van der Waals surface area contributed by atoms with Gasteiger partial charge in [0.2, 0.25) is 5.95 Å². The third kappa shape index (κ3) is 4.77. The number of carbonyl (C=O) groups is 1. The number of nitrogens with zero attached hydrogens (tertiary/aromatic N) is 3. The largest absolute Gasteiger partial charge is 0.443 e. The monoisotopic (exact) mass is 397 g/mol. The lowest BCUT2D eigenvalue weighted by Crippen LogP contribution is -2.34. The van der Waals surface area contributed by atoms with E-state index in [9.17, 15) is 4.79 Å². The van der Waals surface area contributed by atoms with Crippen LogP contribution in [0, 0.1) is 0 Å². The Morgan fingerprint density at radius 3 is 2.75 bits per heavy atom. The molecule has 28 heavy (non-hydrogen) atoms. The third-order valence-electron chi connectivity index (χ3n) is 3.73. The molecule has 2 aromatic heterocycles. The molecule has 0 unspecified atom stereocenters. The molecule has 0 radical (unpaired) electrons. The first kappa shape index (κ1) is 19.6. The Balaban J connectivity index is 1.80. The number of carbonyl (C=O) groups excluding carboxylic acids is 1. The fraction of sp³-hybridized carbons (Fsp3) is 0.250. The number of nitrogens with two attached hydrogens (primary N) is 1. The molecule has 0 aliphatic carbocycles. The number of imidazole rings is 1. The van der Waals surface area contributed by atoms with Gasteiger partial charge in [-0.15, -0.1) is 11.3 Å². The lowest BCUT2D eigenvalue weighted by Gasteiger charge is -2.23. The molecule has 1 aromatic carbocycles. The molecule has 0 bridgehead atoms. The first-order chi connectivity index (χ1) is 13.2. The van der Waals surface area contributed by atoms with Gasteiger partial charge in [-0.05, 0) is 44.4 Å². The van der Waals surface area contributed by atoms with Crippen LogP contribution >= 0.6 is 11.3 Å². The van der Waals surface area contributed by atoms with Crippen LogP contribution < -0.4 is 10.6 Å². The zero-order chi connectivity index (χ0) is 20.3. The number of ether oxygens (including phenoxy) is 1. The van der Waals surface area contributed by atoms with Gasteiger partial charge in [-0.1, -0.05) is 18.2 Å². The molecule has 3 N–H and O–H groups in total. The summed E-state index contributed by atoms with van der Waals surface area (Å²) in [5.41, 5.74) is 7.88. The van der Waals surface area contributed by atoms with Gasteiger partial charge in [-0.2, -0.15) is 0 Å². The molecule has 0 saturated carbocycles. The molecule has 0 saturated heterocycles. The number of hydrogen-bond donors (Lipinski definition) is 2. The van der Waals surface area contributed by atoms with E-state index in [0.29, 0.717) is 11.8 Å². The van der Waals surface area contributed by atoms with Gasteiger partial charge in [0.1, 0.15) is 11.4 Å². The highest BCUT2D eigenvalue weighted by Gasteiger charge is 2.22. The molecule has 0 aliphatic rings. The van der Waals surface area contributed by atoms with Crippen LogP contribution in [0.4, 0.5) is 16.4 Å². The van der Waals surface area contributed by atoms with E-state index in [1.165, 1.54) is 4.90 Å². The Hall–Kier alpha value is -3.13. The van der Waals surface area contributed by atoms with Crippen molar-refractivity contribution in [3.8, 4) is 11.3 Å². The van der Waals surface area contributed by atoms with Gasteiger partial charge in [0.25, 0.3) is 0 Å². The standard InChI is InChI=1S/C20H23N5O2S/c1-20(2,3)27-19(26)25(4)18-22-12-15(24-18)13-7-5-8-14(11-13)23-17(21)16-9-6-10-28-16/h5-12H,1-4H3,(H2,21,23)(H,22,24). The summed E-state index contributed by atoms with van der Waals surface area (Å²) in [6.07, 6.45) is 1.19. The predicted octanol–water partition coefficient (Wildman–Crippen LogP) is 4.55. The first-order valence-electron chi connectivity index (χ1n) is 8.73. The lowest BCUT2D eigenvalue weighted by atomic mass is 10.1. The van der Waals surface area contributed by atoms with Crippen molar-refractivity contribution in [1.82, 2.24) is 9.97 Å². The topological polar surface area (TPSA) is 96.6 Å². The Morgan fingerprint density at radius 2 is 2.07 bits per heavy atom. The zero-order valence-electron chi connectivity index (χ0n) is 16.3. The maximum absolute atomic E-state index is 12.2. The number of hydrogen-bond acceptors (Lipinski definition) is 5. The highest BCUT2D eigenvalue weighted by molar-refractivity contribution is 7.12. The molecule has 0 atom stereocenters. The highest BCUT2D eigenvalue weighted by Crippen LogP contribution is 2.25. The van der Waals surface area contributed by atoms with Crippen molar-refractivity contribution in [2.75, 3.05) is 11.9 Å². The van der Waals surface area contributed by atoms with Crippen LogP contribution in [-0.4, -0.2) is 34.5 Å². The number of amidine groups is 1. The van der Waals surface area contributed by atoms with E-state index >= 15 is 0 Å². The van der Waals surface area contributed by atoms with Gasteiger partial charge >= 0.3 is 6.09 Å². The Kier molecular flexibility index (Phi) is 5.51. The molecule has 146 valence electrons. The number of aromatic amines is 1. The Labute approximate surface area is 167 Å². The van der Waals surface area contributed by atoms with E-state index in [0.717, 1.165) is 21.8 Å². The summed E-state index contributed by atoms with van der Waals surface area (Å²) in [5, 5.41) is 1.96. The maximum Gasteiger partial charge on any atom is 0.416 e. The average molecular weight is 398 g/mol. The van der Waals surface area contributed by atoms with Gasteiger partial charge in [0.05, 0.1) is 22.5 Å². The second-order valence-corrected chi connectivity index (χ2v) is 8.13. The van der Waals surface area contributed by atoms with E-state index < -0.39 is 11.7 Å². The summed E-state index contributed by atoms with van der Waals surface area (Å²) >= 11 is 1.54. The number of benzene rings is 1. The summed E-state index contributed by atoms with van der Waals surface area (Å²) in [6, 6.07) is 11.5. The fourth-order valence-electron chi connectivity index (χ4n) is 2.41. The number of aromatic nitrogens is 2. The molecule has 7 nitrogen and oxygen atoms in total. The number of amides is 1. The van der Waals surface area contributed by atoms with Crippen molar-refractivity contribution in [3.05, 3.63) is 52.9 Å². The molecule has 0 aliphatic heterocycles. The van der Waals surface area contributed by atoms with Crippen LogP contribution in [0.15, 0.2) is 53.0 Å². The summed E-state index contributed by atoms with van der Waals surface area (Å²) in [7, 11) is 1.61. The van der Waals surface area contributed by atoms with Gasteiger partial charge < -0.3 is 15.5 Å². The summed E-state index contributed by atoms with van der Waals surface area (Å²) in [4.78, 5) is 26.4. The number of aliphatic imine (C=N–C) groups is 1. The van der Waals surface area contributed by atoms with Crippen molar-refractivity contribution in [3.63, 3.8) is 0 Å². The summed E-state index contributed by atoms with van der Waals surface area (Å²) in [6.45, 7) is 5.46. The smallest absolute Gasteiger partial charge is 0.416 e. The third-order valence-corrected chi connectivity index (χ3v) is 4.62. The molecule has 2 heterocycles. The Morgan fingerprint density at radius 1 is 1.29 bits per heavy atom. The molecule has 0 spiro atoms. The van der Waals surface area contributed by atoms with Crippen LogP contribution in [0.1, 0.15) is 25.6 Å². The Bertz CT molecular complexity index is 986. The van der Waals surface area contributed by atoms with Crippen molar-refractivity contribution in [2.24, 2.45) is 10.7 Å². The van der Waals surface area contributed by atoms with E-state index in [2.05, 4.69) is 15.0 Å². The van der Waals surface area contributed by atoms with E-state index in [1.807, 2.05) is 62.5 Å². The molecule has 3 rings (SSSR count). The van der Waals surface area contributed by atoms with E-state index in [4.69, 9.17) is 10.5 Å². The number of rotatable bonds is 4. The molecular weight excluding hydrogens is 374 g/mol. The number of anilines is 1. The molecular formula is C20H23N5O2S. The van der Waals surface area contributed by atoms with Crippen LogP contribution in [0.3, 0.4) is 0 Å². The van der Waals surface area contributed by atoms with Gasteiger partial charge in [0.15, 0.2) is 0 Å². The minimum Gasteiger partial charge on any atom is -0.443 e. The minimum absolute atomic E-state index is 0.399. The number of nitrogens with one attached hydrogen (secondary N) is 1. The molecule has 8 heteroatoms. The fourth-order valence-corrected chi connectivity index (χ4v) is 3.03. The van der Waals surface area contributed by atoms with Crippen molar-refractivity contribution < 1.29 is 9.53 Å². The van der Waals surface area contributed by atoms with Crippen molar-refractivity contribution >= 4 is 34.9 Å². The van der Waals surface area contributed by atoms with Gasteiger partial charge in [-0.25, -0.2) is 14.8 Å². The maximum atomic E-state index is 12.2. The van der Waals surface area contributed by atoms with E-state index in [-0.39, 0.29) is 0 Å². The normalized spacial score (nSPS) is 12.1. The number of H-pyrrole nitrogens is 1. The summed E-state index contributed by atoms with van der Waals surface area (Å²) < 4.78 is 5.36. The van der Waals surface area contributed by atoms with Crippen LogP contribution in [0.2, 0.25) is 0 Å². The van der Waals surface area contributed by atoms with Gasteiger partial charge in [-0.3, -0.25) is 4.90 Å². The van der Waals surface area contributed by atoms with Crippen LogP contribution in [0.25, 0.3) is 11.3 Å². The highest BCUT2D eigenvalue weighted by atomic mass is 32.1. The van der Waals surface area contributed by atoms with Gasteiger partial charge in [0, 0.05) is 12.6 Å². The van der Waals surface area contributed by atoms with Crippen molar-refractivity contribution in [1.29, 1.82) is 0 Å². The number of thiophene rings is 1. The first-order valence-corrected chi connectivity index (χ1v) is 9.61. The molecule has 0 fully saturated rings. The average Bonchev–Trinajstić information content (AvgIpc) is 3.32. The second kappa shape index (κ2) is 7.85. The van der Waals surface area contributed by atoms with E-state index in [1.54, 1.807) is 24.6 Å². The quantitative estimate of drug-likeness (QED) is 0.499. The van der Waals surface area contributed by atoms with Crippen molar-refractivity contribution in [2.45, 2.75) is 26.4 Å². The zero-order valence-corrected chi connectivity index (χ0v) is 17.1. The molecule has 1 amide bonds. The minimum atomic E-state index is -0.574.